The number of nitrogen functional groups attached to an aromatic ring is 1. The highest BCUT2D eigenvalue weighted by Gasteiger charge is 2.16. The lowest BCUT2D eigenvalue weighted by atomic mass is 10.2. The molecule has 18 heavy (non-hydrogen) atoms. The van der Waals surface area contributed by atoms with E-state index in [1.54, 1.807) is 23.7 Å². The molecule has 6 nitrogen and oxygen atoms in total. The van der Waals surface area contributed by atoms with E-state index in [9.17, 15) is 9.59 Å². The number of hydrogen-bond acceptors (Lipinski definition) is 3. The Bertz CT molecular complexity index is 903. The first-order valence-corrected chi connectivity index (χ1v) is 5.57. The van der Waals surface area contributed by atoms with Gasteiger partial charge in [-0.2, -0.15) is 4.68 Å². The minimum absolute atomic E-state index is 0.320. The Morgan fingerprint density at radius 2 is 2.06 bits per heavy atom. The maximum atomic E-state index is 12.0. The Hall–Kier alpha value is -2.21. The van der Waals surface area contributed by atoms with Crippen molar-refractivity contribution >= 4 is 33.5 Å². The molecule has 0 aliphatic rings. The zero-order valence-corrected chi connectivity index (χ0v) is 10.2. The Morgan fingerprint density at radius 1 is 1.33 bits per heavy atom. The molecule has 3 rings (SSSR count). The lowest BCUT2D eigenvalue weighted by Crippen LogP contribution is -2.40. The fourth-order valence-electron chi connectivity index (χ4n) is 2.19. The van der Waals surface area contributed by atoms with Crippen molar-refractivity contribution in [1.82, 2.24) is 14.2 Å². The molecule has 0 bridgehead atoms. The van der Waals surface area contributed by atoms with Gasteiger partial charge in [-0.3, -0.25) is 4.79 Å². The summed E-state index contributed by atoms with van der Waals surface area (Å²) in [5.41, 5.74) is 0.273. The summed E-state index contributed by atoms with van der Waals surface area (Å²) in [5.74, 6) is 5.39. The predicted molar refractivity (Wildman–Crippen MR) is 70.5 cm³/mol. The maximum absolute atomic E-state index is 12.0. The first-order chi connectivity index (χ1) is 8.52. The topological polar surface area (TPSA) is 85.8 Å². The van der Waals surface area contributed by atoms with Gasteiger partial charge in [-0.1, -0.05) is 17.7 Å². The third-order valence-corrected chi connectivity index (χ3v) is 3.36. The van der Waals surface area contributed by atoms with Crippen LogP contribution in [-0.2, 0) is 7.05 Å². The summed E-state index contributed by atoms with van der Waals surface area (Å²) in [6.45, 7) is 0. The summed E-state index contributed by atoms with van der Waals surface area (Å²) < 4.78 is 2.22. The number of hydrogen-bond donors (Lipinski definition) is 2. The Balaban J connectivity index is 2.80. The average Bonchev–Trinajstić information content (AvgIpc) is 2.62. The van der Waals surface area contributed by atoms with Gasteiger partial charge in [-0.25, -0.2) is 4.79 Å². The predicted octanol–water partition coefficient (Wildman–Crippen LogP) is 0.549. The van der Waals surface area contributed by atoms with E-state index in [0.717, 1.165) is 5.52 Å². The number of aromatic nitrogens is 3. The van der Waals surface area contributed by atoms with Crippen molar-refractivity contribution in [1.29, 1.82) is 0 Å². The lowest BCUT2D eigenvalue weighted by Gasteiger charge is -1.98. The minimum atomic E-state index is -0.667. The molecule has 3 aromatic rings. The van der Waals surface area contributed by atoms with Crippen molar-refractivity contribution < 1.29 is 0 Å². The van der Waals surface area contributed by atoms with Crippen molar-refractivity contribution in [3.05, 3.63) is 44.1 Å². The molecule has 0 saturated heterocycles. The quantitative estimate of drug-likeness (QED) is 0.582. The van der Waals surface area contributed by atoms with Gasteiger partial charge in [-0.15, -0.1) is 0 Å². The summed E-state index contributed by atoms with van der Waals surface area (Å²) in [7, 11) is 1.72. The number of nitrogens with zero attached hydrogens (tertiary/aromatic N) is 2. The second-order valence-corrected chi connectivity index (χ2v) is 4.43. The van der Waals surface area contributed by atoms with Crippen LogP contribution < -0.4 is 17.1 Å². The molecule has 0 atom stereocenters. The standard InChI is InChI=1S/C11H9ClN4O2/c1-15-6-4-2-3-5(12)7(6)8-9(15)10(17)16(13)11(18)14-8/h2-4H,13H2,1H3,(H,14,18). The van der Waals surface area contributed by atoms with Crippen LogP contribution in [0.5, 0.6) is 0 Å². The smallest absolute Gasteiger partial charge is 0.338 e. The number of aryl methyl sites for hydroxylation is 1. The van der Waals surface area contributed by atoms with E-state index in [1.807, 2.05) is 6.07 Å². The molecule has 2 heterocycles. The maximum Gasteiger partial charge on any atom is 0.347 e. The van der Waals surface area contributed by atoms with Crippen LogP contribution in [0.3, 0.4) is 0 Å². The Morgan fingerprint density at radius 3 is 2.78 bits per heavy atom. The molecule has 0 saturated carbocycles. The summed E-state index contributed by atoms with van der Waals surface area (Å²) in [6, 6.07) is 5.30. The number of fused-ring (bicyclic) bond motifs is 3. The summed E-state index contributed by atoms with van der Waals surface area (Å²) >= 11 is 6.12. The molecule has 0 fully saturated rings. The van der Waals surface area contributed by atoms with Crippen molar-refractivity contribution in [2.24, 2.45) is 7.05 Å². The molecule has 0 amide bonds. The normalized spacial score (nSPS) is 11.4. The minimum Gasteiger partial charge on any atom is -0.338 e. The molecule has 7 heteroatoms. The van der Waals surface area contributed by atoms with E-state index < -0.39 is 11.2 Å². The van der Waals surface area contributed by atoms with Crippen LogP contribution in [0.2, 0.25) is 5.02 Å². The van der Waals surface area contributed by atoms with Crippen molar-refractivity contribution in [3.63, 3.8) is 0 Å². The molecule has 0 aliphatic heterocycles. The van der Waals surface area contributed by atoms with Gasteiger partial charge in [0.15, 0.2) is 0 Å². The highest BCUT2D eigenvalue weighted by atomic mass is 35.5. The van der Waals surface area contributed by atoms with Gasteiger partial charge in [0.05, 0.1) is 16.1 Å². The van der Waals surface area contributed by atoms with Gasteiger partial charge in [0, 0.05) is 12.4 Å². The number of benzene rings is 1. The summed E-state index contributed by atoms with van der Waals surface area (Å²) in [5, 5.41) is 1.12. The highest BCUT2D eigenvalue weighted by molar-refractivity contribution is 6.37. The van der Waals surface area contributed by atoms with E-state index in [0.29, 0.717) is 26.1 Å². The monoisotopic (exact) mass is 264 g/mol. The third-order valence-electron chi connectivity index (χ3n) is 3.05. The number of H-pyrrole nitrogens is 1. The van der Waals surface area contributed by atoms with E-state index in [4.69, 9.17) is 17.4 Å². The average molecular weight is 265 g/mol. The van der Waals surface area contributed by atoms with Crippen LogP contribution in [0, 0.1) is 0 Å². The van der Waals surface area contributed by atoms with Gasteiger partial charge in [0.25, 0.3) is 5.56 Å². The van der Waals surface area contributed by atoms with E-state index in [1.165, 1.54) is 0 Å². The molecule has 0 spiro atoms. The molecule has 0 unspecified atom stereocenters. The molecule has 3 N–H and O–H groups in total. The molecule has 92 valence electrons. The molecule has 0 aliphatic carbocycles. The van der Waals surface area contributed by atoms with Crippen molar-refractivity contribution in [2.75, 3.05) is 5.84 Å². The molecule has 0 radical (unpaired) electrons. The first kappa shape index (κ1) is 10.9. The van der Waals surface area contributed by atoms with Crippen LogP contribution >= 0.6 is 11.6 Å². The highest BCUT2D eigenvalue weighted by Crippen LogP contribution is 2.29. The van der Waals surface area contributed by atoms with E-state index in [-0.39, 0.29) is 0 Å². The second kappa shape index (κ2) is 3.39. The number of rotatable bonds is 0. The van der Waals surface area contributed by atoms with E-state index in [2.05, 4.69) is 4.98 Å². The summed E-state index contributed by atoms with van der Waals surface area (Å²) in [4.78, 5) is 26.1. The molecule has 1 aromatic carbocycles. The van der Waals surface area contributed by atoms with Crippen LogP contribution in [-0.4, -0.2) is 14.2 Å². The SMILES string of the molecule is Cn1c2cccc(Cl)c2c2[nH]c(=O)n(N)c(=O)c21. The van der Waals surface area contributed by atoms with Crippen molar-refractivity contribution in [2.45, 2.75) is 0 Å². The molecular formula is C11H9ClN4O2. The van der Waals surface area contributed by atoms with Crippen LogP contribution in [0.25, 0.3) is 21.9 Å². The number of aromatic amines is 1. The molecule has 2 aromatic heterocycles. The van der Waals surface area contributed by atoms with Gasteiger partial charge in [0.1, 0.15) is 5.52 Å². The number of nitrogens with one attached hydrogen (secondary N) is 1. The Labute approximate surface area is 105 Å². The summed E-state index contributed by atoms with van der Waals surface area (Å²) in [6.07, 6.45) is 0. The van der Waals surface area contributed by atoms with E-state index >= 15 is 0 Å². The van der Waals surface area contributed by atoms with Crippen LogP contribution in [0.15, 0.2) is 27.8 Å². The third kappa shape index (κ3) is 1.18. The first-order valence-electron chi connectivity index (χ1n) is 5.19. The fourth-order valence-corrected chi connectivity index (χ4v) is 2.46. The van der Waals surface area contributed by atoms with Crippen LogP contribution in [0.1, 0.15) is 0 Å². The Kier molecular flexibility index (Phi) is 2.06. The van der Waals surface area contributed by atoms with Crippen molar-refractivity contribution in [3.8, 4) is 0 Å². The largest absolute Gasteiger partial charge is 0.347 e. The zero-order valence-electron chi connectivity index (χ0n) is 9.40. The van der Waals surface area contributed by atoms with Gasteiger partial charge in [0.2, 0.25) is 0 Å². The lowest BCUT2D eigenvalue weighted by molar-refractivity contribution is 0.842. The zero-order chi connectivity index (χ0) is 13.0. The molecular weight excluding hydrogens is 256 g/mol. The van der Waals surface area contributed by atoms with Gasteiger partial charge < -0.3 is 15.4 Å². The fraction of sp³-hybridized carbons (Fsp3) is 0.0909. The van der Waals surface area contributed by atoms with Gasteiger partial charge >= 0.3 is 5.69 Å². The number of halogens is 1. The van der Waals surface area contributed by atoms with Crippen LogP contribution in [0.4, 0.5) is 0 Å². The second-order valence-electron chi connectivity index (χ2n) is 4.02. The number of nitrogens with two attached hydrogens (primary N) is 1. The van der Waals surface area contributed by atoms with Gasteiger partial charge in [-0.05, 0) is 12.1 Å².